The van der Waals surface area contributed by atoms with Crippen LogP contribution in [0, 0.1) is 6.92 Å². The van der Waals surface area contributed by atoms with E-state index in [1.165, 1.54) is 21.3 Å². The van der Waals surface area contributed by atoms with Crippen LogP contribution in [0.3, 0.4) is 0 Å². The maximum absolute atomic E-state index is 10.6. The highest BCUT2D eigenvalue weighted by atomic mass is 32.1. The summed E-state index contributed by atoms with van der Waals surface area (Å²) in [6.45, 7) is 4.23. The van der Waals surface area contributed by atoms with Crippen molar-refractivity contribution in [3.8, 4) is 0 Å². The van der Waals surface area contributed by atoms with Crippen LogP contribution in [0.2, 0.25) is 0 Å². The van der Waals surface area contributed by atoms with Crippen LogP contribution < -0.4 is 5.32 Å². The van der Waals surface area contributed by atoms with Gasteiger partial charge in [0.15, 0.2) is 5.69 Å². The lowest BCUT2D eigenvalue weighted by Crippen LogP contribution is -2.19. The molecule has 0 aliphatic heterocycles. The zero-order valence-electron chi connectivity index (χ0n) is 9.96. The number of thiophene rings is 1. The van der Waals surface area contributed by atoms with Crippen molar-refractivity contribution in [3.05, 3.63) is 33.8 Å². The van der Waals surface area contributed by atoms with Crippen LogP contribution in [0.1, 0.15) is 20.9 Å². The van der Waals surface area contributed by atoms with E-state index >= 15 is 0 Å². The first-order valence-electron chi connectivity index (χ1n) is 5.54. The number of aromatic carboxylic acids is 1. The lowest BCUT2D eigenvalue weighted by atomic mass is 10.3. The van der Waals surface area contributed by atoms with E-state index in [1.807, 2.05) is 0 Å². The molecule has 0 amide bonds. The molecule has 2 heterocycles. The van der Waals surface area contributed by atoms with E-state index in [1.54, 1.807) is 11.3 Å². The molecule has 7 heteroatoms. The summed E-state index contributed by atoms with van der Waals surface area (Å²) in [6.07, 6.45) is 1.43. The van der Waals surface area contributed by atoms with Gasteiger partial charge in [-0.05, 0) is 23.9 Å². The Balaban J connectivity index is 1.75. The second-order valence-electron chi connectivity index (χ2n) is 3.88. The number of carboxylic acids is 1. The van der Waals surface area contributed by atoms with Crippen molar-refractivity contribution in [1.82, 2.24) is 20.3 Å². The van der Waals surface area contributed by atoms with Gasteiger partial charge >= 0.3 is 5.97 Å². The van der Waals surface area contributed by atoms with E-state index in [4.69, 9.17) is 5.11 Å². The highest BCUT2D eigenvalue weighted by Gasteiger charge is 2.07. The molecule has 0 unspecified atom stereocenters. The van der Waals surface area contributed by atoms with Crippen molar-refractivity contribution in [2.75, 3.05) is 6.54 Å². The molecule has 0 spiro atoms. The van der Waals surface area contributed by atoms with Gasteiger partial charge in [0, 0.05) is 18.0 Å². The number of hydrogen-bond donors (Lipinski definition) is 2. The van der Waals surface area contributed by atoms with E-state index in [0.29, 0.717) is 6.54 Å². The van der Waals surface area contributed by atoms with Gasteiger partial charge < -0.3 is 10.4 Å². The molecule has 0 aliphatic carbocycles. The number of nitrogens with zero attached hydrogens (tertiary/aromatic N) is 3. The Kier molecular flexibility index (Phi) is 4.06. The van der Waals surface area contributed by atoms with E-state index in [9.17, 15) is 4.79 Å². The van der Waals surface area contributed by atoms with Gasteiger partial charge in [0.25, 0.3) is 0 Å². The monoisotopic (exact) mass is 266 g/mol. The first-order chi connectivity index (χ1) is 8.66. The molecule has 0 radical (unpaired) electrons. The Morgan fingerprint density at radius 2 is 2.44 bits per heavy atom. The van der Waals surface area contributed by atoms with Crippen LogP contribution in [-0.4, -0.2) is 32.6 Å². The van der Waals surface area contributed by atoms with Crippen molar-refractivity contribution in [3.63, 3.8) is 0 Å². The average molecular weight is 266 g/mol. The number of aromatic nitrogens is 3. The van der Waals surface area contributed by atoms with Gasteiger partial charge in [0.2, 0.25) is 0 Å². The smallest absolute Gasteiger partial charge is 0.358 e. The molecule has 0 bridgehead atoms. The fraction of sp³-hybridized carbons (Fsp3) is 0.364. The Labute approximate surface area is 108 Å². The molecule has 0 saturated heterocycles. The summed E-state index contributed by atoms with van der Waals surface area (Å²) in [7, 11) is 0. The van der Waals surface area contributed by atoms with Crippen molar-refractivity contribution in [2.45, 2.75) is 20.0 Å². The number of carbonyl (C=O) groups is 1. The maximum atomic E-state index is 10.6. The molecule has 2 aromatic rings. The van der Waals surface area contributed by atoms with E-state index < -0.39 is 5.97 Å². The summed E-state index contributed by atoms with van der Waals surface area (Å²) >= 11 is 1.73. The second-order valence-corrected chi connectivity index (χ2v) is 4.88. The van der Waals surface area contributed by atoms with E-state index in [-0.39, 0.29) is 5.69 Å². The molecular weight excluding hydrogens is 252 g/mol. The summed E-state index contributed by atoms with van der Waals surface area (Å²) in [5, 5.41) is 21.3. The zero-order chi connectivity index (χ0) is 13.0. The lowest BCUT2D eigenvalue weighted by Gasteiger charge is -2.03. The Bertz CT molecular complexity index is 535. The lowest BCUT2D eigenvalue weighted by molar-refractivity contribution is 0.0690. The molecule has 0 aliphatic rings. The van der Waals surface area contributed by atoms with E-state index in [2.05, 4.69) is 34.0 Å². The number of rotatable bonds is 6. The Hall–Kier alpha value is -1.73. The molecule has 18 heavy (non-hydrogen) atoms. The van der Waals surface area contributed by atoms with Crippen LogP contribution in [0.25, 0.3) is 0 Å². The molecule has 2 N–H and O–H groups in total. The summed E-state index contributed by atoms with van der Waals surface area (Å²) < 4.78 is 1.53. The van der Waals surface area contributed by atoms with Gasteiger partial charge in [-0.25, -0.2) is 4.79 Å². The third-order valence-electron chi connectivity index (χ3n) is 2.53. The minimum atomic E-state index is -1.05. The number of carboxylic acid groups (broad SMARTS) is 1. The number of hydrogen-bond acceptors (Lipinski definition) is 5. The topological polar surface area (TPSA) is 80.0 Å². The standard InChI is InChI=1S/C11H14N4O2S/c1-8-2-5-18-10(8)6-12-3-4-15-7-9(11(16)17)13-14-15/h2,5,7,12H,3-4,6H2,1H3,(H,16,17). The molecule has 0 fully saturated rings. The van der Waals surface area contributed by atoms with Gasteiger partial charge in [-0.1, -0.05) is 5.21 Å². The number of aryl methyl sites for hydroxylation is 1. The highest BCUT2D eigenvalue weighted by molar-refractivity contribution is 7.10. The third-order valence-corrected chi connectivity index (χ3v) is 3.55. The largest absolute Gasteiger partial charge is 0.476 e. The summed E-state index contributed by atoms with van der Waals surface area (Å²) in [5.74, 6) is -1.05. The van der Waals surface area contributed by atoms with Gasteiger partial charge in [0.1, 0.15) is 0 Å². The SMILES string of the molecule is Cc1ccsc1CNCCn1cc(C(=O)O)nn1. The first kappa shape index (κ1) is 12.7. The molecule has 0 aromatic carbocycles. The molecule has 6 nitrogen and oxygen atoms in total. The minimum absolute atomic E-state index is 0.0240. The molecular formula is C11H14N4O2S. The first-order valence-corrected chi connectivity index (χ1v) is 6.42. The van der Waals surface area contributed by atoms with E-state index in [0.717, 1.165) is 13.1 Å². The fourth-order valence-electron chi connectivity index (χ4n) is 1.49. The summed E-state index contributed by atoms with van der Waals surface area (Å²) in [6, 6.07) is 2.10. The predicted octanol–water partition coefficient (Wildman–Crippen LogP) is 1.14. The Morgan fingerprint density at radius 3 is 3.06 bits per heavy atom. The average Bonchev–Trinajstić information content (AvgIpc) is 2.94. The van der Waals surface area contributed by atoms with Crippen molar-refractivity contribution < 1.29 is 9.90 Å². The molecule has 2 aromatic heterocycles. The van der Waals surface area contributed by atoms with Crippen LogP contribution >= 0.6 is 11.3 Å². The second kappa shape index (κ2) is 5.74. The summed E-state index contributed by atoms with van der Waals surface area (Å²) in [5.41, 5.74) is 1.27. The molecule has 0 atom stereocenters. The zero-order valence-corrected chi connectivity index (χ0v) is 10.8. The quantitative estimate of drug-likeness (QED) is 0.766. The van der Waals surface area contributed by atoms with Crippen LogP contribution in [0.15, 0.2) is 17.6 Å². The van der Waals surface area contributed by atoms with Gasteiger partial charge in [-0.3, -0.25) is 4.68 Å². The van der Waals surface area contributed by atoms with Gasteiger partial charge in [-0.15, -0.1) is 16.4 Å². The molecule has 96 valence electrons. The normalized spacial score (nSPS) is 10.7. The summed E-state index contributed by atoms with van der Waals surface area (Å²) in [4.78, 5) is 11.9. The fourth-order valence-corrected chi connectivity index (χ4v) is 2.36. The predicted molar refractivity (Wildman–Crippen MR) is 67.7 cm³/mol. The maximum Gasteiger partial charge on any atom is 0.358 e. The third kappa shape index (κ3) is 3.14. The van der Waals surface area contributed by atoms with Gasteiger partial charge in [0.05, 0.1) is 12.7 Å². The molecule has 0 saturated carbocycles. The molecule has 2 rings (SSSR count). The van der Waals surface area contributed by atoms with Crippen molar-refractivity contribution in [2.24, 2.45) is 0 Å². The van der Waals surface area contributed by atoms with Crippen molar-refractivity contribution >= 4 is 17.3 Å². The van der Waals surface area contributed by atoms with Gasteiger partial charge in [-0.2, -0.15) is 0 Å². The van der Waals surface area contributed by atoms with Crippen LogP contribution in [0.4, 0.5) is 0 Å². The van der Waals surface area contributed by atoms with Crippen LogP contribution in [0.5, 0.6) is 0 Å². The Morgan fingerprint density at radius 1 is 1.61 bits per heavy atom. The minimum Gasteiger partial charge on any atom is -0.476 e. The number of nitrogens with one attached hydrogen (secondary N) is 1. The van der Waals surface area contributed by atoms with Crippen LogP contribution in [-0.2, 0) is 13.1 Å². The highest BCUT2D eigenvalue weighted by Crippen LogP contribution is 2.14. The van der Waals surface area contributed by atoms with Crippen molar-refractivity contribution in [1.29, 1.82) is 0 Å².